The number of piperazine rings is 1. The molecule has 3 aliphatic heterocycles. The van der Waals surface area contributed by atoms with E-state index >= 15 is 0 Å². The molecule has 2 aromatic rings. The third-order valence-corrected chi connectivity index (χ3v) is 7.33. The molecule has 5 rings (SSSR count). The molecule has 1 saturated heterocycles. The number of alkyl halides is 3. The van der Waals surface area contributed by atoms with E-state index in [1.807, 2.05) is 37.9 Å². The number of nitrogens with zero attached hydrogens (tertiary/aromatic N) is 5. The zero-order valence-electron chi connectivity index (χ0n) is 22.7. The van der Waals surface area contributed by atoms with Gasteiger partial charge in [0.2, 0.25) is 0 Å². The summed E-state index contributed by atoms with van der Waals surface area (Å²) in [5.41, 5.74) is 1.40. The number of amides is 1. The number of aryl methyl sites for hydroxylation is 1. The Kier molecular flexibility index (Phi) is 7.79. The van der Waals surface area contributed by atoms with Crippen molar-refractivity contribution in [2.45, 2.75) is 38.7 Å². The minimum atomic E-state index is -4.54. The van der Waals surface area contributed by atoms with Gasteiger partial charge in [-0.3, -0.25) is 14.7 Å². The number of anilines is 1. The van der Waals surface area contributed by atoms with Crippen LogP contribution in [0.2, 0.25) is 0 Å². The van der Waals surface area contributed by atoms with Crippen LogP contribution in [0.25, 0.3) is 0 Å². The van der Waals surface area contributed by atoms with Crippen LogP contribution >= 0.6 is 0 Å². The van der Waals surface area contributed by atoms with E-state index in [0.717, 1.165) is 30.6 Å². The fraction of sp³-hybridized carbons (Fsp3) is 0.367. The lowest BCUT2D eigenvalue weighted by molar-refractivity contribution is -0.138. The molecule has 0 radical (unpaired) electrons. The molecule has 3 aliphatic rings. The highest BCUT2D eigenvalue weighted by Crippen LogP contribution is 2.35. The molecular weight excluding hydrogens is 517 g/mol. The lowest BCUT2D eigenvalue weighted by Crippen LogP contribution is -2.44. The van der Waals surface area contributed by atoms with E-state index in [0.29, 0.717) is 24.2 Å². The van der Waals surface area contributed by atoms with Crippen LogP contribution in [0.1, 0.15) is 39.5 Å². The number of halogens is 3. The van der Waals surface area contributed by atoms with E-state index < -0.39 is 17.6 Å². The van der Waals surface area contributed by atoms with Crippen LogP contribution in [0.15, 0.2) is 58.6 Å². The SMILES string of the molecule is Cc1ccc(C(=O)Nc2ccc(CN3CCN(C)CC3)c(C(F)(F)F)c2)cc1C#CC1C(C)N=C2C=CC=NN21. The maximum atomic E-state index is 14.0. The summed E-state index contributed by atoms with van der Waals surface area (Å²) in [5, 5.41) is 8.76. The van der Waals surface area contributed by atoms with Gasteiger partial charge in [-0.2, -0.15) is 18.3 Å². The third kappa shape index (κ3) is 6.11. The van der Waals surface area contributed by atoms with Gasteiger partial charge in [-0.05, 0) is 68.4 Å². The molecule has 10 heteroatoms. The summed E-state index contributed by atoms with van der Waals surface area (Å²) >= 11 is 0. The summed E-state index contributed by atoms with van der Waals surface area (Å²) in [6.45, 7) is 7.12. The standard InChI is InChI=1S/C30H31F3N6O/c1-20-6-7-23(17-22(20)9-11-27-21(2)35-28-5-4-12-34-39(27)28)29(40)36-25-10-8-24(26(18-25)30(31,32)33)19-38-15-13-37(3)14-16-38/h4-8,10,12,17-18,21,27H,13-16,19H2,1-3H3,(H,36,40). The van der Waals surface area contributed by atoms with Crippen molar-refractivity contribution >= 4 is 23.6 Å². The van der Waals surface area contributed by atoms with Crippen LogP contribution in [0.5, 0.6) is 0 Å². The summed E-state index contributed by atoms with van der Waals surface area (Å²) in [5.74, 6) is 6.63. The Bertz CT molecular complexity index is 1440. The summed E-state index contributed by atoms with van der Waals surface area (Å²) in [4.78, 5) is 21.8. The molecule has 0 bridgehead atoms. The Labute approximate surface area is 232 Å². The molecular formula is C30H31F3N6O. The number of hydrazone groups is 1. The first-order valence-electron chi connectivity index (χ1n) is 13.2. The van der Waals surface area contributed by atoms with Gasteiger partial charge < -0.3 is 10.2 Å². The number of benzene rings is 2. The normalized spacial score (nSPS) is 21.1. The first-order valence-corrected chi connectivity index (χ1v) is 13.2. The lowest BCUT2D eigenvalue weighted by Gasteiger charge is -2.33. The molecule has 0 aliphatic carbocycles. The number of allylic oxidation sites excluding steroid dienone is 1. The number of hydrogen-bond donors (Lipinski definition) is 1. The number of carbonyl (C=O) groups excluding carboxylic acids is 1. The van der Waals surface area contributed by atoms with Crippen molar-refractivity contribution in [2.24, 2.45) is 10.1 Å². The number of rotatable bonds is 4. The zero-order chi connectivity index (χ0) is 28.4. The number of nitrogens with one attached hydrogen (secondary N) is 1. The molecule has 40 heavy (non-hydrogen) atoms. The highest BCUT2D eigenvalue weighted by Gasteiger charge is 2.34. The number of aliphatic imine (C=N–C) groups is 1. The van der Waals surface area contributed by atoms with Crippen LogP contribution < -0.4 is 5.32 Å². The number of fused-ring (bicyclic) bond motifs is 1. The minimum absolute atomic E-state index is 0.0729. The second kappa shape index (κ2) is 11.3. The largest absolute Gasteiger partial charge is 0.416 e. The molecule has 3 heterocycles. The highest BCUT2D eigenvalue weighted by atomic mass is 19.4. The van der Waals surface area contributed by atoms with Gasteiger partial charge in [0.15, 0.2) is 0 Å². The topological polar surface area (TPSA) is 63.5 Å². The molecule has 0 aromatic heterocycles. The summed E-state index contributed by atoms with van der Waals surface area (Å²) in [7, 11) is 2.00. The Morgan fingerprint density at radius 3 is 2.65 bits per heavy atom. The van der Waals surface area contributed by atoms with Crippen molar-refractivity contribution in [3.8, 4) is 11.8 Å². The van der Waals surface area contributed by atoms with E-state index in [2.05, 4.69) is 32.2 Å². The van der Waals surface area contributed by atoms with Crippen molar-refractivity contribution < 1.29 is 18.0 Å². The van der Waals surface area contributed by atoms with Crippen LogP contribution in [-0.4, -0.2) is 78.1 Å². The van der Waals surface area contributed by atoms with E-state index in [1.165, 1.54) is 12.1 Å². The Morgan fingerprint density at radius 1 is 1.12 bits per heavy atom. The molecule has 2 atom stereocenters. The molecule has 1 amide bonds. The van der Waals surface area contributed by atoms with Gasteiger partial charge in [0.1, 0.15) is 11.9 Å². The van der Waals surface area contributed by atoms with E-state index in [1.54, 1.807) is 29.4 Å². The molecule has 208 valence electrons. The van der Waals surface area contributed by atoms with Gasteiger partial charge >= 0.3 is 6.18 Å². The fourth-order valence-corrected chi connectivity index (χ4v) is 4.91. The minimum Gasteiger partial charge on any atom is -0.322 e. The first-order chi connectivity index (χ1) is 19.1. The van der Waals surface area contributed by atoms with Crippen LogP contribution in [0.3, 0.4) is 0 Å². The van der Waals surface area contributed by atoms with Crippen LogP contribution in [0.4, 0.5) is 18.9 Å². The zero-order valence-corrected chi connectivity index (χ0v) is 22.7. The molecule has 2 aromatic carbocycles. The molecule has 0 saturated carbocycles. The summed E-state index contributed by atoms with van der Waals surface area (Å²) in [6.07, 6.45) is 0.850. The monoisotopic (exact) mass is 548 g/mol. The lowest BCUT2D eigenvalue weighted by atomic mass is 10.0. The predicted octanol–water partition coefficient (Wildman–Crippen LogP) is 4.39. The molecule has 1 N–H and O–H groups in total. The van der Waals surface area contributed by atoms with Gasteiger partial charge in [-0.15, -0.1) is 0 Å². The molecule has 0 spiro atoms. The molecule has 1 fully saturated rings. The maximum absolute atomic E-state index is 14.0. The van der Waals surface area contributed by atoms with Crippen molar-refractivity contribution in [1.82, 2.24) is 14.8 Å². The predicted molar refractivity (Wildman–Crippen MR) is 150 cm³/mol. The number of carbonyl (C=O) groups is 1. The maximum Gasteiger partial charge on any atom is 0.416 e. The van der Waals surface area contributed by atoms with Gasteiger partial charge in [-0.25, -0.2) is 5.01 Å². The van der Waals surface area contributed by atoms with Gasteiger partial charge in [-0.1, -0.05) is 24.0 Å². The van der Waals surface area contributed by atoms with Crippen molar-refractivity contribution in [1.29, 1.82) is 0 Å². The fourth-order valence-electron chi connectivity index (χ4n) is 4.91. The second-order valence-electron chi connectivity index (χ2n) is 10.3. The number of hydrogen-bond acceptors (Lipinski definition) is 6. The average Bonchev–Trinajstić information content (AvgIpc) is 3.24. The quantitative estimate of drug-likeness (QED) is 0.576. The smallest absolute Gasteiger partial charge is 0.322 e. The highest BCUT2D eigenvalue weighted by molar-refractivity contribution is 6.04. The second-order valence-corrected chi connectivity index (χ2v) is 10.3. The Morgan fingerprint density at radius 2 is 1.90 bits per heavy atom. The van der Waals surface area contributed by atoms with Gasteiger partial charge in [0.25, 0.3) is 5.91 Å². The molecule has 2 unspecified atom stereocenters. The van der Waals surface area contributed by atoms with Gasteiger partial charge in [0, 0.05) is 55.8 Å². The summed E-state index contributed by atoms with van der Waals surface area (Å²) in [6, 6.07) is 8.77. The third-order valence-electron chi connectivity index (χ3n) is 7.33. The number of likely N-dealkylation sites (N-methyl/N-ethyl adjacent to an activating group) is 1. The Balaban J connectivity index is 1.32. The van der Waals surface area contributed by atoms with Crippen LogP contribution in [-0.2, 0) is 12.7 Å². The Hall–Kier alpha value is -3.94. The van der Waals surface area contributed by atoms with E-state index in [4.69, 9.17) is 0 Å². The van der Waals surface area contributed by atoms with E-state index in [9.17, 15) is 18.0 Å². The number of amidine groups is 1. The van der Waals surface area contributed by atoms with Crippen molar-refractivity contribution in [3.63, 3.8) is 0 Å². The first kappa shape index (κ1) is 27.6. The summed E-state index contributed by atoms with van der Waals surface area (Å²) < 4.78 is 41.9. The van der Waals surface area contributed by atoms with Gasteiger partial charge in [0.05, 0.1) is 11.6 Å². The van der Waals surface area contributed by atoms with Crippen LogP contribution in [0, 0.1) is 18.8 Å². The van der Waals surface area contributed by atoms with Crippen molar-refractivity contribution in [2.75, 3.05) is 38.5 Å². The van der Waals surface area contributed by atoms with E-state index in [-0.39, 0.29) is 29.9 Å². The van der Waals surface area contributed by atoms with Crippen molar-refractivity contribution in [3.05, 3.63) is 76.4 Å². The molecule has 7 nitrogen and oxygen atoms in total. The average molecular weight is 549 g/mol.